The van der Waals surface area contributed by atoms with E-state index < -0.39 is 0 Å². The molecule has 9 aromatic rings. The van der Waals surface area contributed by atoms with Gasteiger partial charge in [-0.05, 0) is 123 Å². The van der Waals surface area contributed by atoms with Crippen molar-refractivity contribution in [1.29, 1.82) is 0 Å². The molecule has 0 saturated heterocycles. The third kappa shape index (κ3) is 3.70. The van der Waals surface area contributed by atoms with Gasteiger partial charge in [-0.25, -0.2) is 9.97 Å². The summed E-state index contributed by atoms with van der Waals surface area (Å²) in [6, 6.07) is 49.1. The van der Waals surface area contributed by atoms with Crippen LogP contribution in [0.1, 0.15) is 43.2 Å². The Hall–Kier alpha value is -5.80. The van der Waals surface area contributed by atoms with Crippen molar-refractivity contribution >= 4 is 54.5 Å². The number of fused-ring (bicyclic) bond motifs is 12. The maximum Gasteiger partial charge on any atom is 0.246 e. The first-order valence-corrected chi connectivity index (χ1v) is 19.5. The SMILES string of the molecule is c1ccc(-c2nc3oc4c5ccccc5c5ccccc5c4c3nc2-c2ccc3c(c2)-c2cc4ccccc4cc2C32C3CC4CC(C3)CC2C4)cc1. The quantitative estimate of drug-likeness (QED) is 0.171. The van der Waals surface area contributed by atoms with Crippen molar-refractivity contribution in [3.63, 3.8) is 0 Å². The largest absolute Gasteiger partial charge is 0.436 e. The Kier molecular flexibility index (Phi) is 5.53. The summed E-state index contributed by atoms with van der Waals surface area (Å²) in [7, 11) is 0. The third-order valence-electron chi connectivity index (χ3n) is 14.0. The number of rotatable bonds is 2. The molecular weight excluding hydrogens is 645 g/mol. The van der Waals surface area contributed by atoms with Crippen LogP contribution >= 0.6 is 0 Å². The van der Waals surface area contributed by atoms with Crippen molar-refractivity contribution in [3.8, 4) is 33.6 Å². The average Bonchev–Trinajstić information content (AvgIpc) is 3.72. The van der Waals surface area contributed by atoms with E-state index in [1.165, 1.54) is 64.8 Å². The van der Waals surface area contributed by atoms with Gasteiger partial charge in [0.25, 0.3) is 0 Å². The molecule has 252 valence electrons. The van der Waals surface area contributed by atoms with Crippen LogP contribution in [0.25, 0.3) is 88.2 Å². The second-order valence-electron chi connectivity index (χ2n) is 16.5. The lowest BCUT2D eigenvalue weighted by molar-refractivity contribution is -0.0398. The van der Waals surface area contributed by atoms with E-state index in [1.54, 1.807) is 11.1 Å². The zero-order valence-corrected chi connectivity index (χ0v) is 29.3. The topological polar surface area (TPSA) is 38.9 Å². The van der Waals surface area contributed by atoms with Gasteiger partial charge < -0.3 is 4.42 Å². The summed E-state index contributed by atoms with van der Waals surface area (Å²) in [5.74, 6) is 3.23. The Labute approximate surface area is 307 Å². The van der Waals surface area contributed by atoms with Gasteiger partial charge in [-0.3, -0.25) is 0 Å². The van der Waals surface area contributed by atoms with Crippen LogP contribution in [-0.4, -0.2) is 9.97 Å². The normalized spacial score (nSPS) is 23.9. The van der Waals surface area contributed by atoms with Gasteiger partial charge in [0.2, 0.25) is 5.71 Å². The highest BCUT2D eigenvalue weighted by atomic mass is 16.3. The first-order valence-electron chi connectivity index (χ1n) is 19.5. The molecule has 4 bridgehead atoms. The van der Waals surface area contributed by atoms with E-state index in [-0.39, 0.29) is 5.41 Å². The van der Waals surface area contributed by atoms with Gasteiger partial charge in [-0.2, -0.15) is 0 Å². The molecule has 7 aromatic carbocycles. The van der Waals surface area contributed by atoms with Gasteiger partial charge in [0.15, 0.2) is 0 Å². The molecule has 3 heteroatoms. The molecular formula is C50H36N2O. The molecule has 5 aliphatic carbocycles. The lowest BCUT2D eigenvalue weighted by atomic mass is 9.43. The van der Waals surface area contributed by atoms with E-state index in [4.69, 9.17) is 14.4 Å². The minimum Gasteiger partial charge on any atom is -0.436 e. The lowest BCUT2D eigenvalue weighted by Gasteiger charge is -2.61. The number of benzene rings is 7. The monoisotopic (exact) mass is 680 g/mol. The van der Waals surface area contributed by atoms with Crippen LogP contribution in [0.15, 0.2) is 138 Å². The lowest BCUT2D eigenvalue weighted by Crippen LogP contribution is -2.55. The number of hydrogen-bond donors (Lipinski definition) is 0. The third-order valence-corrected chi connectivity index (χ3v) is 14.0. The van der Waals surface area contributed by atoms with Crippen LogP contribution < -0.4 is 0 Å². The molecule has 14 rings (SSSR count). The molecule has 0 unspecified atom stereocenters. The molecule has 0 atom stereocenters. The fourth-order valence-electron chi connectivity index (χ4n) is 12.2. The second-order valence-corrected chi connectivity index (χ2v) is 16.5. The Morgan fingerprint density at radius 2 is 1.09 bits per heavy atom. The number of hydrogen-bond acceptors (Lipinski definition) is 3. The Balaban J connectivity index is 1.11. The van der Waals surface area contributed by atoms with Gasteiger partial charge in [0.1, 0.15) is 16.8 Å². The van der Waals surface area contributed by atoms with Crippen molar-refractivity contribution in [2.24, 2.45) is 23.7 Å². The highest BCUT2D eigenvalue weighted by Crippen LogP contribution is 2.69. The summed E-state index contributed by atoms with van der Waals surface area (Å²) >= 11 is 0. The van der Waals surface area contributed by atoms with Crippen LogP contribution in [0.2, 0.25) is 0 Å². The summed E-state index contributed by atoms with van der Waals surface area (Å²) in [5.41, 5.74) is 12.2. The maximum atomic E-state index is 6.74. The average molecular weight is 681 g/mol. The van der Waals surface area contributed by atoms with Gasteiger partial charge in [0.05, 0.1) is 11.1 Å². The van der Waals surface area contributed by atoms with E-state index in [1.807, 2.05) is 0 Å². The molecule has 0 aliphatic heterocycles. The molecule has 4 fully saturated rings. The van der Waals surface area contributed by atoms with Crippen molar-refractivity contribution in [1.82, 2.24) is 9.97 Å². The summed E-state index contributed by atoms with van der Waals surface area (Å²) < 4.78 is 6.74. The van der Waals surface area contributed by atoms with E-state index >= 15 is 0 Å². The Bertz CT molecular complexity index is 3000. The minimum atomic E-state index is 0.0965. The highest BCUT2D eigenvalue weighted by Gasteiger charge is 2.61. The van der Waals surface area contributed by atoms with Crippen LogP contribution in [0, 0.1) is 23.7 Å². The number of aromatic nitrogens is 2. The van der Waals surface area contributed by atoms with Crippen LogP contribution in [0.5, 0.6) is 0 Å². The van der Waals surface area contributed by atoms with Crippen LogP contribution in [0.3, 0.4) is 0 Å². The molecule has 2 aromatic heterocycles. The zero-order chi connectivity index (χ0) is 34.4. The van der Waals surface area contributed by atoms with Gasteiger partial charge in [-0.1, -0.05) is 115 Å². The van der Waals surface area contributed by atoms with E-state index in [2.05, 4.69) is 133 Å². The predicted molar refractivity (Wildman–Crippen MR) is 216 cm³/mol. The first-order chi connectivity index (χ1) is 26.2. The standard InChI is InChI=1S/C50H36N2O/c1-2-10-30(11-3-1)45-46(51-47-44-38-16-8-6-14-36(38)37-15-7-9-17-39(37)48(44)53-49(47)52-45)33-18-19-42-40(26-33)41-25-31-12-4-5-13-32(31)27-43(41)50(42)34-21-28-20-29(23-34)24-35(50)22-28/h1-19,25-29,34-35H,20-24H2. The van der Waals surface area contributed by atoms with Crippen molar-refractivity contribution in [2.75, 3.05) is 0 Å². The minimum absolute atomic E-state index is 0.0965. The first kappa shape index (κ1) is 28.7. The number of nitrogens with zero attached hydrogens (tertiary/aromatic N) is 2. The molecule has 0 radical (unpaired) electrons. The number of furan rings is 1. The van der Waals surface area contributed by atoms with Crippen molar-refractivity contribution in [2.45, 2.75) is 37.5 Å². The van der Waals surface area contributed by atoms with Crippen LogP contribution in [0.4, 0.5) is 0 Å². The summed E-state index contributed by atoms with van der Waals surface area (Å²) in [5, 5.41) is 8.34. The van der Waals surface area contributed by atoms with Gasteiger partial charge in [0, 0.05) is 21.9 Å². The molecule has 0 amide bonds. The molecule has 1 spiro atoms. The fourth-order valence-corrected chi connectivity index (χ4v) is 12.2. The van der Waals surface area contributed by atoms with Gasteiger partial charge in [-0.15, -0.1) is 0 Å². The molecule has 3 nitrogen and oxygen atoms in total. The second kappa shape index (κ2) is 10.2. The molecule has 53 heavy (non-hydrogen) atoms. The van der Waals surface area contributed by atoms with Crippen molar-refractivity contribution < 1.29 is 4.42 Å². The molecule has 4 saturated carbocycles. The van der Waals surface area contributed by atoms with E-state index in [9.17, 15) is 0 Å². The van der Waals surface area contributed by atoms with Crippen LogP contribution in [-0.2, 0) is 5.41 Å². The zero-order valence-electron chi connectivity index (χ0n) is 29.3. The summed E-state index contributed by atoms with van der Waals surface area (Å²) in [6.07, 6.45) is 6.94. The van der Waals surface area contributed by atoms with E-state index in [0.29, 0.717) is 17.5 Å². The van der Waals surface area contributed by atoms with E-state index in [0.717, 1.165) is 61.6 Å². The molecule has 0 N–H and O–H groups in total. The Morgan fingerprint density at radius 3 is 1.85 bits per heavy atom. The maximum absolute atomic E-state index is 6.74. The molecule has 5 aliphatic rings. The highest BCUT2D eigenvalue weighted by molar-refractivity contribution is 6.29. The summed E-state index contributed by atoms with van der Waals surface area (Å²) in [6.45, 7) is 0. The Morgan fingerprint density at radius 1 is 0.491 bits per heavy atom. The molecule has 2 heterocycles. The summed E-state index contributed by atoms with van der Waals surface area (Å²) in [4.78, 5) is 11.0. The predicted octanol–water partition coefficient (Wildman–Crippen LogP) is 12.9. The van der Waals surface area contributed by atoms with Crippen molar-refractivity contribution in [3.05, 3.63) is 145 Å². The smallest absolute Gasteiger partial charge is 0.246 e. The van der Waals surface area contributed by atoms with Gasteiger partial charge >= 0.3 is 0 Å². The fraction of sp³-hybridized carbons (Fsp3) is 0.200.